The molecule has 1 heterocycles. The molecule has 166 valence electrons. The van der Waals surface area contributed by atoms with E-state index < -0.39 is 30.2 Å². The highest BCUT2D eigenvalue weighted by atomic mass is 35.5. The van der Waals surface area contributed by atoms with Gasteiger partial charge in [0.2, 0.25) is 5.91 Å². The van der Waals surface area contributed by atoms with Crippen molar-refractivity contribution in [3.8, 4) is 5.75 Å². The summed E-state index contributed by atoms with van der Waals surface area (Å²) in [7, 11) is 0. The molecule has 1 saturated heterocycles. The van der Waals surface area contributed by atoms with Gasteiger partial charge in [0.15, 0.2) is 17.6 Å². The molecule has 0 saturated carbocycles. The van der Waals surface area contributed by atoms with Crippen LogP contribution >= 0.6 is 47.0 Å². The summed E-state index contributed by atoms with van der Waals surface area (Å²) in [5.74, 6) is -3.09. The van der Waals surface area contributed by atoms with Gasteiger partial charge in [-0.05, 0) is 37.3 Å². The molecule has 0 radical (unpaired) electrons. The van der Waals surface area contributed by atoms with E-state index in [4.69, 9.17) is 51.8 Å². The van der Waals surface area contributed by atoms with E-state index in [0.717, 1.165) is 11.8 Å². The molecule has 1 fully saturated rings. The summed E-state index contributed by atoms with van der Waals surface area (Å²) in [4.78, 5) is 38.2. The zero-order chi connectivity index (χ0) is 23.4. The maximum absolute atomic E-state index is 12.8. The van der Waals surface area contributed by atoms with Crippen LogP contribution in [0.3, 0.4) is 0 Å². The van der Waals surface area contributed by atoms with Gasteiger partial charge >= 0.3 is 0 Å². The standard InChI is InChI=1S/C20H15Cl3N4O4S/c1-10-2-4-12(5-3-10)27-19(30)13(18(29)25-20(27)32)8-24-26-16(28)9-31-15-7-11(21)6-14(22)17(15)23/h2-8,13H,9H2,1H3,(H,26,28)(H,25,29,32)/b24-8+/t13-/m0/s1. The third-order valence-corrected chi connectivity index (χ3v) is 5.51. The van der Waals surface area contributed by atoms with Crippen LogP contribution in [-0.2, 0) is 14.4 Å². The lowest BCUT2D eigenvalue weighted by atomic mass is 10.1. The van der Waals surface area contributed by atoms with E-state index in [9.17, 15) is 14.4 Å². The summed E-state index contributed by atoms with van der Waals surface area (Å²) in [6, 6.07) is 9.87. The predicted molar refractivity (Wildman–Crippen MR) is 126 cm³/mol. The summed E-state index contributed by atoms with van der Waals surface area (Å²) in [5.41, 5.74) is 3.67. The van der Waals surface area contributed by atoms with Gasteiger partial charge in [-0.1, -0.05) is 52.5 Å². The summed E-state index contributed by atoms with van der Waals surface area (Å²) in [6.45, 7) is 1.44. The van der Waals surface area contributed by atoms with Crippen molar-refractivity contribution in [1.29, 1.82) is 0 Å². The number of carbonyl (C=O) groups is 3. The highest BCUT2D eigenvalue weighted by Gasteiger charge is 2.38. The molecule has 0 spiro atoms. The fraction of sp³-hybridized carbons (Fsp3) is 0.150. The summed E-state index contributed by atoms with van der Waals surface area (Å²) >= 11 is 22.9. The molecule has 0 aromatic heterocycles. The van der Waals surface area contributed by atoms with Gasteiger partial charge < -0.3 is 10.1 Å². The van der Waals surface area contributed by atoms with Crippen LogP contribution in [-0.4, -0.2) is 35.7 Å². The second-order valence-electron chi connectivity index (χ2n) is 6.58. The summed E-state index contributed by atoms with van der Waals surface area (Å²) < 4.78 is 5.29. The van der Waals surface area contributed by atoms with Crippen molar-refractivity contribution in [2.75, 3.05) is 11.5 Å². The quantitative estimate of drug-likeness (QED) is 0.202. The van der Waals surface area contributed by atoms with Gasteiger partial charge in [-0.3, -0.25) is 19.3 Å². The number of nitrogens with one attached hydrogen (secondary N) is 2. The number of hydrogen-bond acceptors (Lipinski definition) is 6. The van der Waals surface area contributed by atoms with Crippen LogP contribution in [0.1, 0.15) is 5.56 Å². The largest absolute Gasteiger partial charge is 0.482 e. The number of aryl methyl sites for hydroxylation is 1. The fourth-order valence-electron chi connectivity index (χ4n) is 2.66. The first-order valence-electron chi connectivity index (χ1n) is 9.02. The van der Waals surface area contributed by atoms with Gasteiger partial charge in [0.25, 0.3) is 11.8 Å². The predicted octanol–water partition coefficient (Wildman–Crippen LogP) is 3.50. The molecule has 3 rings (SSSR count). The lowest BCUT2D eigenvalue weighted by Crippen LogP contribution is -2.58. The number of ether oxygens (including phenoxy) is 1. The number of halogens is 3. The summed E-state index contributed by atoms with van der Waals surface area (Å²) in [5, 5.41) is 6.66. The zero-order valence-electron chi connectivity index (χ0n) is 16.4. The normalized spacial score (nSPS) is 16.3. The van der Waals surface area contributed by atoms with Crippen LogP contribution in [0.2, 0.25) is 15.1 Å². The van der Waals surface area contributed by atoms with Crippen molar-refractivity contribution in [2.45, 2.75) is 6.92 Å². The smallest absolute Gasteiger partial charge is 0.277 e. The maximum atomic E-state index is 12.8. The van der Waals surface area contributed by atoms with E-state index in [0.29, 0.717) is 5.69 Å². The minimum Gasteiger partial charge on any atom is -0.482 e. The third-order valence-electron chi connectivity index (χ3n) is 4.23. The number of thiocarbonyl (C=S) groups is 1. The van der Waals surface area contributed by atoms with Gasteiger partial charge in [0.1, 0.15) is 10.8 Å². The minimum atomic E-state index is -1.29. The number of benzene rings is 2. The van der Waals surface area contributed by atoms with Crippen molar-refractivity contribution in [3.05, 3.63) is 57.0 Å². The second kappa shape index (κ2) is 10.3. The Bertz CT molecular complexity index is 1120. The Morgan fingerprint density at radius 2 is 1.94 bits per heavy atom. The molecule has 32 heavy (non-hydrogen) atoms. The van der Waals surface area contributed by atoms with Gasteiger partial charge in [0, 0.05) is 17.3 Å². The molecule has 1 aliphatic heterocycles. The molecule has 0 unspecified atom stereocenters. The van der Waals surface area contributed by atoms with Crippen molar-refractivity contribution in [1.82, 2.24) is 10.7 Å². The molecule has 8 nitrogen and oxygen atoms in total. The third kappa shape index (κ3) is 5.55. The number of carbonyl (C=O) groups excluding carboxylic acids is 3. The monoisotopic (exact) mass is 512 g/mol. The highest BCUT2D eigenvalue weighted by molar-refractivity contribution is 7.80. The number of nitrogens with zero attached hydrogens (tertiary/aromatic N) is 2. The van der Waals surface area contributed by atoms with Gasteiger partial charge in [0.05, 0.1) is 10.7 Å². The first-order chi connectivity index (χ1) is 15.2. The lowest BCUT2D eigenvalue weighted by molar-refractivity contribution is -0.130. The van der Waals surface area contributed by atoms with E-state index >= 15 is 0 Å². The Balaban J connectivity index is 1.63. The second-order valence-corrected chi connectivity index (χ2v) is 8.19. The molecule has 3 amide bonds. The SMILES string of the molecule is Cc1ccc(N2C(=O)[C@@H](/C=N/NC(=O)COc3cc(Cl)cc(Cl)c3Cl)C(=O)NC2=S)cc1. The van der Waals surface area contributed by atoms with Crippen molar-refractivity contribution in [3.63, 3.8) is 0 Å². The lowest BCUT2D eigenvalue weighted by Gasteiger charge is -2.30. The van der Waals surface area contributed by atoms with Crippen LogP contribution in [0.4, 0.5) is 5.69 Å². The number of amides is 3. The fourth-order valence-corrected chi connectivity index (χ4v) is 3.59. The van der Waals surface area contributed by atoms with E-state index in [1.165, 1.54) is 17.0 Å². The molecular weight excluding hydrogens is 499 g/mol. The molecule has 1 aliphatic rings. The molecule has 2 N–H and O–H groups in total. The van der Waals surface area contributed by atoms with Crippen molar-refractivity contribution < 1.29 is 19.1 Å². The van der Waals surface area contributed by atoms with E-state index in [1.807, 2.05) is 19.1 Å². The molecule has 2 aromatic carbocycles. The number of rotatable bonds is 6. The van der Waals surface area contributed by atoms with E-state index in [-0.39, 0.29) is 25.9 Å². The Hall–Kier alpha value is -2.72. The van der Waals surface area contributed by atoms with Crippen LogP contribution in [0.5, 0.6) is 5.75 Å². The Morgan fingerprint density at radius 3 is 2.62 bits per heavy atom. The Labute approximate surface area is 203 Å². The molecule has 2 aromatic rings. The number of anilines is 1. The molecule has 0 bridgehead atoms. The maximum Gasteiger partial charge on any atom is 0.277 e. The van der Waals surface area contributed by atoms with Crippen LogP contribution in [0.25, 0.3) is 0 Å². The Kier molecular flexibility index (Phi) is 7.68. The molecule has 0 aliphatic carbocycles. The number of hydrogen-bond donors (Lipinski definition) is 2. The zero-order valence-corrected chi connectivity index (χ0v) is 19.5. The molecule has 1 atom stereocenters. The van der Waals surface area contributed by atoms with Crippen LogP contribution < -0.4 is 20.4 Å². The van der Waals surface area contributed by atoms with Gasteiger partial charge in [-0.25, -0.2) is 5.43 Å². The molecule has 12 heteroatoms. The van der Waals surface area contributed by atoms with Crippen LogP contribution in [0.15, 0.2) is 41.5 Å². The van der Waals surface area contributed by atoms with Gasteiger partial charge in [-0.15, -0.1) is 0 Å². The van der Waals surface area contributed by atoms with Gasteiger partial charge in [-0.2, -0.15) is 5.10 Å². The van der Waals surface area contributed by atoms with E-state index in [1.54, 1.807) is 12.1 Å². The Morgan fingerprint density at radius 1 is 1.25 bits per heavy atom. The minimum absolute atomic E-state index is 0.0389. The molecular formula is C20H15Cl3N4O4S. The highest BCUT2D eigenvalue weighted by Crippen LogP contribution is 2.35. The van der Waals surface area contributed by atoms with Crippen LogP contribution in [0, 0.1) is 12.8 Å². The summed E-state index contributed by atoms with van der Waals surface area (Å²) in [6.07, 6.45) is 1.02. The van der Waals surface area contributed by atoms with E-state index in [2.05, 4.69) is 15.8 Å². The topological polar surface area (TPSA) is 100 Å². The van der Waals surface area contributed by atoms with Crippen molar-refractivity contribution in [2.24, 2.45) is 11.0 Å². The first kappa shape index (κ1) is 23.9. The first-order valence-corrected chi connectivity index (χ1v) is 10.6. The van der Waals surface area contributed by atoms with Crippen molar-refractivity contribution >= 4 is 81.8 Å². The number of hydrazone groups is 1. The average Bonchev–Trinajstić information content (AvgIpc) is 2.73. The average molecular weight is 514 g/mol.